The minimum atomic E-state index is -0.195. The lowest BCUT2D eigenvalue weighted by atomic mass is 10.0. The topological polar surface area (TPSA) is 32.3 Å². The second-order valence-corrected chi connectivity index (χ2v) is 3.73. The minimum Gasteiger partial charge on any atom is -0.396 e. The second-order valence-electron chi connectivity index (χ2n) is 3.73. The van der Waals surface area contributed by atoms with Gasteiger partial charge in [0, 0.05) is 13.2 Å². The number of rotatable bonds is 6. The molecule has 0 aromatic heterocycles. The lowest BCUT2D eigenvalue weighted by molar-refractivity contribution is 0.286. The molecule has 0 saturated heterocycles. The van der Waals surface area contributed by atoms with Crippen molar-refractivity contribution in [3.8, 4) is 0 Å². The number of hydrogen-bond donors (Lipinski definition) is 2. The number of benzene rings is 1. The summed E-state index contributed by atoms with van der Waals surface area (Å²) < 4.78 is 12.7. The summed E-state index contributed by atoms with van der Waals surface area (Å²) in [6.45, 7) is 3.99. The fraction of sp³-hybridized carbons (Fsp3) is 0.500. The van der Waals surface area contributed by atoms with Gasteiger partial charge in [-0.3, -0.25) is 0 Å². The van der Waals surface area contributed by atoms with Crippen molar-refractivity contribution in [1.29, 1.82) is 0 Å². The first kappa shape index (κ1) is 12.1. The summed E-state index contributed by atoms with van der Waals surface area (Å²) in [5, 5.41) is 11.8. The Morgan fingerprint density at radius 3 is 2.60 bits per heavy atom. The monoisotopic (exact) mass is 211 g/mol. The first-order valence-corrected chi connectivity index (χ1v) is 5.31. The van der Waals surface area contributed by atoms with Gasteiger partial charge in [0.05, 0.1) is 0 Å². The van der Waals surface area contributed by atoms with Crippen LogP contribution in [0.3, 0.4) is 0 Å². The maximum absolute atomic E-state index is 12.7. The fourth-order valence-electron chi connectivity index (χ4n) is 1.43. The van der Waals surface area contributed by atoms with E-state index in [2.05, 4.69) is 12.2 Å². The molecule has 0 aliphatic rings. The van der Waals surface area contributed by atoms with Crippen molar-refractivity contribution in [3.05, 3.63) is 35.6 Å². The van der Waals surface area contributed by atoms with E-state index in [1.54, 1.807) is 0 Å². The molecule has 1 aromatic carbocycles. The Hall–Kier alpha value is -0.930. The van der Waals surface area contributed by atoms with Crippen molar-refractivity contribution in [2.75, 3.05) is 19.7 Å². The van der Waals surface area contributed by atoms with E-state index in [9.17, 15) is 4.39 Å². The highest BCUT2D eigenvalue weighted by molar-refractivity contribution is 5.20. The number of aliphatic hydroxyl groups is 1. The van der Waals surface area contributed by atoms with Crippen molar-refractivity contribution >= 4 is 0 Å². The molecule has 1 rings (SSSR count). The highest BCUT2D eigenvalue weighted by Gasteiger charge is 2.04. The third-order valence-corrected chi connectivity index (χ3v) is 2.40. The second kappa shape index (κ2) is 6.53. The van der Waals surface area contributed by atoms with Gasteiger partial charge in [-0.15, -0.1) is 0 Å². The fourth-order valence-corrected chi connectivity index (χ4v) is 1.43. The summed E-state index contributed by atoms with van der Waals surface area (Å²) in [6.07, 6.45) is 0.774. The van der Waals surface area contributed by atoms with E-state index in [0.29, 0.717) is 5.92 Å². The molecular formula is C12H18FNO. The maximum atomic E-state index is 12.7. The molecule has 0 aliphatic heterocycles. The lowest BCUT2D eigenvalue weighted by Crippen LogP contribution is -2.21. The molecule has 2 nitrogen and oxygen atoms in total. The minimum absolute atomic E-state index is 0.195. The predicted molar refractivity (Wildman–Crippen MR) is 59.4 cm³/mol. The molecular weight excluding hydrogens is 193 g/mol. The number of nitrogens with one attached hydrogen (secondary N) is 1. The molecule has 0 amide bonds. The van der Waals surface area contributed by atoms with Gasteiger partial charge in [0.1, 0.15) is 5.82 Å². The van der Waals surface area contributed by atoms with Crippen LogP contribution in [0, 0.1) is 5.82 Å². The molecule has 0 radical (unpaired) electrons. The first-order chi connectivity index (χ1) is 7.24. The van der Waals surface area contributed by atoms with Gasteiger partial charge in [-0.1, -0.05) is 19.1 Å². The highest BCUT2D eigenvalue weighted by Crippen LogP contribution is 2.14. The van der Waals surface area contributed by atoms with E-state index in [1.807, 2.05) is 12.1 Å². The van der Waals surface area contributed by atoms with Crippen LogP contribution in [0.25, 0.3) is 0 Å². The predicted octanol–water partition coefficient (Wildman–Crippen LogP) is 1.90. The Kier molecular flexibility index (Phi) is 5.29. The standard InChI is InChI=1S/C12H18FNO/c1-10(9-14-7-2-8-15)11-3-5-12(13)6-4-11/h3-6,10,14-15H,2,7-9H2,1H3. The Morgan fingerprint density at radius 1 is 1.33 bits per heavy atom. The molecule has 0 aliphatic carbocycles. The van der Waals surface area contributed by atoms with E-state index in [-0.39, 0.29) is 12.4 Å². The Labute approximate surface area is 90.1 Å². The third kappa shape index (κ3) is 4.40. The van der Waals surface area contributed by atoms with Gasteiger partial charge < -0.3 is 10.4 Å². The summed E-state index contributed by atoms with van der Waals surface area (Å²) in [6, 6.07) is 6.60. The summed E-state index contributed by atoms with van der Waals surface area (Å²) in [5.74, 6) is 0.170. The normalized spacial score (nSPS) is 12.7. The van der Waals surface area contributed by atoms with Crippen LogP contribution in [0.2, 0.25) is 0 Å². The van der Waals surface area contributed by atoms with Gasteiger partial charge in [0.25, 0.3) is 0 Å². The van der Waals surface area contributed by atoms with Crippen molar-refractivity contribution in [1.82, 2.24) is 5.32 Å². The molecule has 0 fully saturated rings. The van der Waals surface area contributed by atoms with Gasteiger partial charge in [-0.25, -0.2) is 4.39 Å². The van der Waals surface area contributed by atoms with E-state index in [1.165, 1.54) is 12.1 Å². The zero-order valence-electron chi connectivity index (χ0n) is 9.04. The summed E-state index contributed by atoms with van der Waals surface area (Å²) >= 11 is 0. The maximum Gasteiger partial charge on any atom is 0.123 e. The zero-order valence-corrected chi connectivity index (χ0v) is 9.04. The van der Waals surface area contributed by atoms with Crippen molar-refractivity contribution in [2.45, 2.75) is 19.3 Å². The summed E-state index contributed by atoms with van der Waals surface area (Å²) in [7, 11) is 0. The van der Waals surface area contributed by atoms with Crippen LogP contribution in [0.4, 0.5) is 4.39 Å². The average molecular weight is 211 g/mol. The summed E-state index contributed by atoms with van der Waals surface area (Å²) in [4.78, 5) is 0. The highest BCUT2D eigenvalue weighted by atomic mass is 19.1. The molecule has 1 aromatic rings. The molecule has 3 heteroatoms. The van der Waals surface area contributed by atoms with E-state index >= 15 is 0 Å². The zero-order chi connectivity index (χ0) is 11.1. The van der Waals surface area contributed by atoms with Gasteiger partial charge in [0.15, 0.2) is 0 Å². The van der Waals surface area contributed by atoms with Crippen LogP contribution in [0.5, 0.6) is 0 Å². The third-order valence-electron chi connectivity index (χ3n) is 2.40. The van der Waals surface area contributed by atoms with Crippen LogP contribution in [-0.4, -0.2) is 24.8 Å². The van der Waals surface area contributed by atoms with E-state index < -0.39 is 0 Å². The van der Waals surface area contributed by atoms with Crippen LogP contribution < -0.4 is 5.32 Å². The average Bonchev–Trinajstić information content (AvgIpc) is 2.25. The van der Waals surface area contributed by atoms with Gasteiger partial charge in [0.2, 0.25) is 0 Å². The number of hydrogen-bond acceptors (Lipinski definition) is 2. The summed E-state index contributed by atoms with van der Waals surface area (Å²) in [5.41, 5.74) is 1.13. The first-order valence-electron chi connectivity index (χ1n) is 5.31. The van der Waals surface area contributed by atoms with Crippen molar-refractivity contribution < 1.29 is 9.50 Å². The molecule has 84 valence electrons. The molecule has 0 bridgehead atoms. The molecule has 15 heavy (non-hydrogen) atoms. The molecule has 1 unspecified atom stereocenters. The SMILES string of the molecule is CC(CNCCCO)c1ccc(F)cc1. The van der Waals surface area contributed by atoms with Gasteiger partial charge in [-0.2, -0.15) is 0 Å². The van der Waals surface area contributed by atoms with E-state index in [0.717, 1.165) is 25.1 Å². The van der Waals surface area contributed by atoms with Crippen LogP contribution in [0.15, 0.2) is 24.3 Å². The molecule has 1 atom stereocenters. The van der Waals surface area contributed by atoms with Crippen molar-refractivity contribution in [2.24, 2.45) is 0 Å². The smallest absolute Gasteiger partial charge is 0.123 e. The molecule has 2 N–H and O–H groups in total. The van der Waals surface area contributed by atoms with Gasteiger partial charge >= 0.3 is 0 Å². The van der Waals surface area contributed by atoms with Crippen LogP contribution in [-0.2, 0) is 0 Å². The van der Waals surface area contributed by atoms with Gasteiger partial charge in [-0.05, 0) is 36.6 Å². The van der Waals surface area contributed by atoms with Crippen LogP contribution >= 0.6 is 0 Å². The van der Waals surface area contributed by atoms with Crippen molar-refractivity contribution in [3.63, 3.8) is 0 Å². The number of halogens is 1. The molecule has 0 saturated carbocycles. The van der Waals surface area contributed by atoms with E-state index in [4.69, 9.17) is 5.11 Å². The Morgan fingerprint density at radius 2 is 2.00 bits per heavy atom. The molecule has 0 heterocycles. The number of aliphatic hydroxyl groups excluding tert-OH is 1. The lowest BCUT2D eigenvalue weighted by Gasteiger charge is -2.12. The Bertz CT molecular complexity index is 273. The quantitative estimate of drug-likeness (QED) is 0.704. The van der Waals surface area contributed by atoms with Crippen LogP contribution in [0.1, 0.15) is 24.8 Å². The largest absolute Gasteiger partial charge is 0.396 e. The molecule has 0 spiro atoms. The Balaban J connectivity index is 2.33.